The zero-order valence-corrected chi connectivity index (χ0v) is 33.7. The minimum Gasteiger partial charge on any atom is -0.504 e. The number of benzene rings is 3. The van der Waals surface area contributed by atoms with E-state index in [9.17, 15) is 9.90 Å². The fourth-order valence-electron chi connectivity index (χ4n) is 12.3. The highest BCUT2D eigenvalue weighted by atomic mass is 32.2. The molecule has 12 rings (SSSR count). The molecule has 57 heavy (non-hydrogen) atoms. The van der Waals surface area contributed by atoms with Crippen molar-refractivity contribution in [2.24, 2.45) is 5.73 Å². The lowest BCUT2D eigenvalue weighted by atomic mass is 9.72. The van der Waals surface area contributed by atoms with Gasteiger partial charge in [-0.3, -0.25) is 19.9 Å². The van der Waals surface area contributed by atoms with Gasteiger partial charge >= 0.3 is 11.9 Å². The lowest BCUT2D eigenvalue weighted by Crippen LogP contribution is -2.67. The number of hydrogen-bond donors (Lipinski definition) is 4. The number of phenolic OH excluding ortho intramolecular Hbond substituents is 1. The number of aromatic hydroxyl groups is 1. The van der Waals surface area contributed by atoms with Gasteiger partial charge in [-0.1, -0.05) is 18.2 Å². The van der Waals surface area contributed by atoms with Crippen molar-refractivity contribution in [3.05, 3.63) is 75.0 Å². The van der Waals surface area contributed by atoms with Crippen LogP contribution < -0.4 is 30.0 Å². The first-order chi connectivity index (χ1) is 27.3. The molecule has 4 bridgehead atoms. The Morgan fingerprint density at radius 2 is 1.89 bits per heavy atom. The molecule has 3 saturated heterocycles. The van der Waals surface area contributed by atoms with Gasteiger partial charge < -0.3 is 39.5 Å². The number of carbonyl (C=O) groups excluding carboxylic acids is 2. The fourth-order valence-corrected chi connectivity index (χ4v) is 14.0. The van der Waals surface area contributed by atoms with Crippen LogP contribution in [-0.2, 0) is 31.8 Å². The molecule has 13 nitrogen and oxygen atoms in total. The number of aryl methyl sites for hydroxylation is 1. The summed E-state index contributed by atoms with van der Waals surface area (Å²) in [6.45, 7) is 11.0. The number of nitrogens with one attached hydrogen (secondary N) is 2. The maximum Gasteiger partial charge on any atom is 0.333 e. The van der Waals surface area contributed by atoms with Crippen LogP contribution in [0.1, 0.15) is 89.2 Å². The van der Waals surface area contributed by atoms with Gasteiger partial charge in [0.2, 0.25) is 6.79 Å². The lowest BCUT2D eigenvalue weighted by molar-refractivity contribution is -0.158. The number of piperazine rings is 1. The number of esters is 2. The van der Waals surface area contributed by atoms with Crippen molar-refractivity contribution < 1.29 is 38.4 Å². The van der Waals surface area contributed by atoms with Crippen molar-refractivity contribution in [1.82, 2.24) is 20.1 Å². The molecule has 0 amide bonds. The SMILES string of the molecule is COc1c(C)cc2c(c1O)C1C3[C@@H]4SC[C@]5(N[C@H](CN)Cc6c5[nH]c5ccccc65)C(=O)OC[C@@H](c5c6c(c(C)c(OC(C)=O)c54)OCO6)N3C3(C)CN1C2(C)C3. The summed E-state index contributed by atoms with van der Waals surface area (Å²) in [5.74, 6) is 1.64. The van der Waals surface area contributed by atoms with Crippen molar-refractivity contribution in [2.45, 2.75) is 93.5 Å². The van der Waals surface area contributed by atoms with Crippen molar-refractivity contribution in [3.8, 4) is 28.7 Å². The molecule has 8 aliphatic heterocycles. The Morgan fingerprint density at radius 1 is 1.11 bits per heavy atom. The smallest absolute Gasteiger partial charge is 0.333 e. The van der Waals surface area contributed by atoms with Crippen LogP contribution in [0.5, 0.6) is 28.7 Å². The molecule has 3 aromatic carbocycles. The number of nitrogens with two attached hydrogens (primary N) is 1. The third-order valence-corrected chi connectivity index (χ3v) is 15.7. The molecule has 1 spiro atoms. The van der Waals surface area contributed by atoms with E-state index in [0.717, 1.165) is 62.9 Å². The highest BCUT2D eigenvalue weighted by Crippen LogP contribution is 2.71. The Bertz CT molecular complexity index is 2470. The molecule has 5 N–H and O–H groups in total. The van der Waals surface area contributed by atoms with Gasteiger partial charge in [0.1, 0.15) is 12.4 Å². The third-order valence-electron chi connectivity index (χ3n) is 14.2. The molecule has 14 heteroatoms. The van der Waals surface area contributed by atoms with Gasteiger partial charge in [0, 0.05) is 82.1 Å². The monoisotopic (exact) mass is 793 g/mol. The Kier molecular flexibility index (Phi) is 7.39. The normalized spacial score (nSPS) is 33.2. The van der Waals surface area contributed by atoms with E-state index in [1.54, 1.807) is 18.9 Å². The van der Waals surface area contributed by atoms with Crippen LogP contribution in [-0.4, -0.2) is 88.8 Å². The molecule has 3 fully saturated rings. The minimum atomic E-state index is -1.28. The van der Waals surface area contributed by atoms with Gasteiger partial charge in [0.15, 0.2) is 28.5 Å². The fraction of sp³-hybridized carbons (Fsp3) is 0.488. The van der Waals surface area contributed by atoms with E-state index in [-0.39, 0.29) is 49.0 Å². The number of para-hydroxylation sites is 1. The van der Waals surface area contributed by atoms with Gasteiger partial charge in [-0.15, -0.1) is 11.8 Å². The Balaban J connectivity index is 1.19. The molecule has 298 valence electrons. The number of rotatable bonds is 3. The summed E-state index contributed by atoms with van der Waals surface area (Å²) in [6, 6.07) is 9.05. The van der Waals surface area contributed by atoms with E-state index in [1.165, 1.54) is 6.92 Å². The maximum absolute atomic E-state index is 15.1. The zero-order valence-electron chi connectivity index (χ0n) is 32.9. The van der Waals surface area contributed by atoms with Gasteiger partial charge in [0.05, 0.1) is 30.1 Å². The van der Waals surface area contributed by atoms with E-state index in [4.69, 9.17) is 29.4 Å². The topological polar surface area (TPSA) is 161 Å². The Morgan fingerprint density at radius 3 is 2.67 bits per heavy atom. The number of fused-ring (bicyclic) bond motifs is 11. The molecule has 4 unspecified atom stereocenters. The second-order valence-corrected chi connectivity index (χ2v) is 18.6. The summed E-state index contributed by atoms with van der Waals surface area (Å²) in [4.78, 5) is 37.0. The number of H-pyrrole nitrogens is 1. The standard InChI is InChI=1S/C43H47N5O8S/c1-19-11-25-28(33(50)34(19)52-6)31-32-38-30-29(37-36(54-18-55-37)20(2)35(30)56-21(3)49)27(48(32)41(4)15-42(25,5)47(31)16-41)14-53-40(51)43(17-57-38)39-24(12-22(13-44)46-43)23-9-7-8-10-26(23)45-39/h7-11,22,27,31-32,38,45-46,50H,12-18,44H2,1-6H3/t22-,27-,31?,32?,38+,41?,42?,43+/m0/s1. The van der Waals surface area contributed by atoms with E-state index in [1.807, 2.05) is 32.0 Å². The number of nitrogens with zero attached hydrogens (tertiary/aromatic N) is 2. The summed E-state index contributed by atoms with van der Waals surface area (Å²) >= 11 is 1.64. The molecule has 4 aromatic rings. The average Bonchev–Trinajstić information content (AvgIpc) is 3.93. The first-order valence-corrected chi connectivity index (χ1v) is 20.9. The van der Waals surface area contributed by atoms with Crippen LogP contribution in [0.3, 0.4) is 0 Å². The molecule has 0 radical (unpaired) electrons. The average molecular weight is 794 g/mol. The zero-order chi connectivity index (χ0) is 39.5. The highest BCUT2D eigenvalue weighted by molar-refractivity contribution is 7.99. The molecule has 8 atom stereocenters. The maximum atomic E-state index is 15.1. The van der Waals surface area contributed by atoms with E-state index in [0.29, 0.717) is 41.5 Å². The first-order valence-electron chi connectivity index (χ1n) is 19.8. The molecule has 8 aliphatic rings. The van der Waals surface area contributed by atoms with Gasteiger partial charge in [0.25, 0.3) is 0 Å². The number of ether oxygens (including phenoxy) is 5. The van der Waals surface area contributed by atoms with Crippen LogP contribution in [0, 0.1) is 13.8 Å². The Hall–Kier alpha value is -4.47. The van der Waals surface area contributed by atoms with Crippen molar-refractivity contribution >= 4 is 34.6 Å². The van der Waals surface area contributed by atoms with Crippen LogP contribution in [0.2, 0.25) is 0 Å². The number of aromatic amines is 1. The van der Waals surface area contributed by atoms with Crippen molar-refractivity contribution in [2.75, 3.05) is 39.4 Å². The summed E-state index contributed by atoms with van der Waals surface area (Å²) in [7, 11) is 1.60. The third kappa shape index (κ3) is 4.40. The molecule has 1 aromatic heterocycles. The number of phenols is 1. The predicted molar refractivity (Wildman–Crippen MR) is 212 cm³/mol. The summed E-state index contributed by atoms with van der Waals surface area (Å²) < 4.78 is 31.3. The van der Waals surface area contributed by atoms with Gasteiger partial charge in [-0.05, 0) is 69.4 Å². The van der Waals surface area contributed by atoms with Crippen molar-refractivity contribution in [1.29, 1.82) is 0 Å². The number of thioether (sulfide) groups is 1. The van der Waals surface area contributed by atoms with Crippen LogP contribution >= 0.6 is 11.8 Å². The largest absolute Gasteiger partial charge is 0.504 e. The second-order valence-electron chi connectivity index (χ2n) is 17.5. The molecule has 9 heterocycles. The van der Waals surface area contributed by atoms with E-state index in [2.05, 4.69) is 46.1 Å². The predicted octanol–water partition coefficient (Wildman–Crippen LogP) is 5.03. The number of aromatic nitrogens is 1. The van der Waals surface area contributed by atoms with Gasteiger partial charge in [-0.2, -0.15) is 0 Å². The summed E-state index contributed by atoms with van der Waals surface area (Å²) in [6.07, 6.45) is 1.43. The summed E-state index contributed by atoms with van der Waals surface area (Å²) in [5.41, 5.74) is 12.3. The number of carbonyl (C=O) groups is 2. The quantitative estimate of drug-likeness (QED) is 0.162. The lowest BCUT2D eigenvalue weighted by Gasteiger charge is -2.60. The van der Waals surface area contributed by atoms with Crippen LogP contribution in [0.25, 0.3) is 10.9 Å². The highest BCUT2D eigenvalue weighted by Gasteiger charge is 2.71. The van der Waals surface area contributed by atoms with Crippen molar-refractivity contribution in [3.63, 3.8) is 0 Å². The second kappa shape index (κ2) is 11.8. The molecule has 0 aliphatic carbocycles. The molecular formula is C43H47N5O8S. The first kappa shape index (κ1) is 35.7. The Labute approximate surface area is 334 Å². The summed E-state index contributed by atoms with van der Waals surface area (Å²) in [5, 5.41) is 16.6. The van der Waals surface area contributed by atoms with Crippen LogP contribution in [0.4, 0.5) is 0 Å². The number of hydrogen-bond acceptors (Lipinski definition) is 13. The molecule has 0 saturated carbocycles. The van der Waals surface area contributed by atoms with E-state index >= 15 is 4.79 Å². The number of methoxy groups -OCH3 is 1. The van der Waals surface area contributed by atoms with E-state index < -0.39 is 33.9 Å². The minimum absolute atomic E-state index is 0.000537. The van der Waals surface area contributed by atoms with Gasteiger partial charge in [-0.25, -0.2) is 4.79 Å². The van der Waals surface area contributed by atoms with Crippen LogP contribution in [0.15, 0.2) is 30.3 Å². The molecular weight excluding hydrogens is 747 g/mol.